The average Bonchev–Trinajstić information content (AvgIpc) is 2.46. The average molecular weight is 277 g/mol. The van der Waals surface area contributed by atoms with Crippen molar-refractivity contribution in [1.29, 1.82) is 0 Å². The number of hydrazine groups is 1. The molecule has 20 heavy (non-hydrogen) atoms. The second kappa shape index (κ2) is 5.81. The first-order valence-corrected chi connectivity index (χ1v) is 6.91. The third-order valence-corrected chi connectivity index (χ3v) is 4.07. The molecule has 0 bridgehead atoms. The second-order valence-electron chi connectivity index (χ2n) is 5.66. The molecule has 0 aliphatic carbocycles. The highest BCUT2D eigenvalue weighted by Gasteiger charge is 2.33. The van der Waals surface area contributed by atoms with Crippen molar-refractivity contribution < 1.29 is 9.53 Å². The van der Waals surface area contributed by atoms with E-state index in [-0.39, 0.29) is 11.5 Å². The summed E-state index contributed by atoms with van der Waals surface area (Å²) in [7, 11) is 1.71. The van der Waals surface area contributed by atoms with Crippen LogP contribution in [0.25, 0.3) is 0 Å². The predicted octanol–water partition coefficient (Wildman–Crippen LogP) is 1.92. The van der Waals surface area contributed by atoms with Crippen LogP contribution in [-0.2, 0) is 4.74 Å². The molecule has 110 valence electrons. The first-order chi connectivity index (χ1) is 9.49. The van der Waals surface area contributed by atoms with Crippen molar-refractivity contribution >= 4 is 11.6 Å². The van der Waals surface area contributed by atoms with Crippen molar-refractivity contribution in [3.63, 3.8) is 0 Å². The van der Waals surface area contributed by atoms with Crippen LogP contribution < -0.4 is 11.3 Å². The van der Waals surface area contributed by atoms with Gasteiger partial charge in [-0.25, -0.2) is 0 Å². The van der Waals surface area contributed by atoms with Gasteiger partial charge in [0.15, 0.2) is 0 Å². The molecule has 1 heterocycles. The molecule has 1 aromatic carbocycles. The van der Waals surface area contributed by atoms with Crippen LogP contribution in [0.5, 0.6) is 0 Å². The minimum Gasteiger partial charge on any atom is -0.377 e. The lowest BCUT2D eigenvalue weighted by Gasteiger charge is -2.39. The molecule has 1 aliphatic rings. The van der Waals surface area contributed by atoms with Gasteiger partial charge in [0.25, 0.3) is 5.91 Å². The first kappa shape index (κ1) is 14.8. The maximum absolute atomic E-state index is 12.6. The van der Waals surface area contributed by atoms with Gasteiger partial charge in [-0.3, -0.25) is 10.6 Å². The van der Waals surface area contributed by atoms with Crippen molar-refractivity contribution in [2.75, 3.05) is 25.6 Å². The molecule has 3 N–H and O–H groups in total. The third-order valence-electron chi connectivity index (χ3n) is 4.07. The monoisotopic (exact) mass is 277 g/mol. The molecular formula is C15H23N3O2. The van der Waals surface area contributed by atoms with E-state index in [4.69, 9.17) is 10.6 Å². The fraction of sp³-hybridized carbons (Fsp3) is 0.533. The van der Waals surface area contributed by atoms with Gasteiger partial charge in [-0.1, -0.05) is 0 Å². The number of methoxy groups -OCH3 is 1. The van der Waals surface area contributed by atoms with E-state index in [9.17, 15) is 4.79 Å². The van der Waals surface area contributed by atoms with E-state index >= 15 is 0 Å². The fourth-order valence-corrected chi connectivity index (χ4v) is 2.69. The quantitative estimate of drug-likeness (QED) is 0.654. The Balaban J connectivity index is 2.17. The van der Waals surface area contributed by atoms with Crippen LogP contribution >= 0.6 is 0 Å². The number of ether oxygens (including phenoxy) is 1. The van der Waals surface area contributed by atoms with Crippen LogP contribution in [0.3, 0.4) is 0 Å². The molecular weight excluding hydrogens is 254 g/mol. The highest BCUT2D eigenvalue weighted by Crippen LogP contribution is 2.25. The molecule has 0 radical (unpaired) electrons. The Hall–Kier alpha value is -1.59. The van der Waals surface area contributed by atoms with E-state index in [2.05, 4.69) is 12.3 Å². The zero-order valence-electron chi connectivity index (χ0n) is 12.4. The number of nitrogens with one attached hydrogen (secondary N) is 1. The molecule has 5 nitrogen and oxygen atoms in total. The van der Waals surface area contributed by atoms with Crippen LogP contribution in [0.2, 0.25) is 0 Å². The number of carbonyl (C=O) groups excluding carboxylic acids is 1. The van der Waals surface area contributed by atoms with Crippen molar-refractivity contribution in [2.45, 2.75) is 32.3 Å². The molecule has 1 unspecified atom stereocenters. The van der Waals surface area contributed by atoms with Gasteiger partial charge in [-0.15, -0.1) is 0 Å². The Morgan fingerprint density at radius 1 is 1.50 bits per heavy atom. The number of benzene rings is 1. The first-order valence-electron chi connectivity index (χ1n) is 6.91. The molecule has 0 aromatic heterocycles. The minimum absolute atomic E-state index is 0.0552. The number of anilines is 1. The SMILES string of the molecule is COC1(C)CCCN(C(=O)c2ccc(NN)c(C)c2)C1. The van der Waals surface area contributed by atoms with E-state index in [0.29, 0.717) is 12.1 Å². The van der Waals surface area contributed by atoms with E-state index < -0.39 is 0 Å². The van der Waals surface area contributed by atoms with Crippen LogP contribution in [-0.4, -0.2) is 36.6 Å². The molecule has 1 aliphatic heterocycles. The van der Waals surface area contributed by atoms with E-state index in [1.165, 1.54) is 0 Å². The number of carbonyl (C=O) groups is 1. The third kappa shape index (κ3) is 2.94. The number of piperidine rings is 1. The Morgan fingerprint density at radius 2 is 2.25 bits per heavy atom. The number of hydrogen-bond donors (Lipinski definition) is 2. The molecule has 1 saturated heterocycles. The summed E-state index contributed by atoms with van der Waals surface area (Å²) in [6, 6.07) is 5.52. The molecule has 0 spiro atoms. The topological polar surface area (TPSA) is 67.6 Å². The highest BCUT2D eigenvalue weighted by atomic mass is 16.5. The minimum atomic E-state index is -0.234. The normalized spacial score (nSPS) is 22.7. The number of nitrogens with zero attached hydrogens (tertiary/aromatic N) is 1. The van der Waals surface area contributed by atoms with E-state index in [0.717, 1.165) is 30.6 Å². The Labute approximate surface area is 120 Å². The van der Waals surface area contributed by atoms with Gasteiger partial charge in [-0.05, 0) is 50.5 Å². The number of likely N-dealkylation sites (tertiary alicyclic amines) is 1. The lowest BCUT2D eigenvalue weighted by Crippen LogP contribution is -2.49. The summed E-state index contributed by atoms with van der Waals surface area (Å²) in [5, 5.41) is 0. The van der Waals surface area contributed by atoms with Gasteiger partial charge < -0.3 is 15.1 Å². The van der Waals surface area contributed by atoms with Crippen LogP contribution in [0.1, 0.15) is 35.7 Å². The standard InChI is InChI=1S/C15H23N3O2/c1-11-9-12(5-6-13(11)17-16)14(19)18-8-4-7-15(2,10-18)20-3/h5-6,9,17H,4,7-8,10,16H2,1-3H3. The van der Waals surface area contributed by atoms with Gasteiger partial charge >= 0.3 is 0 Å². The Kier molecular flexibility index (Phi) is 4.30. The maximum Gasteiger partial charge on any atom is 0.253 e. The summed E-state index contributed by atoms with van der Waals surface area (Å²) in [5.41, 5.74) is 4.88. The van der Waals surface area contributed by atoms with Crippen molar-refractivity contribution in [3.8, 4) is 0 Å². The Morgan fingerprint density at radius 3 is 2.85 bits per heavy atom. The van der Waals surface area contributed by atoms with Crippen molar-refractivity contribution in [1.82, 2.24) is 4.90 Å². The molecule has 1 fully saturated rings. The van der Waals surface area contributed by atoms with Crippen LogP contribution in [0, 0.1) is 6.92 Å². The smallest absolute Gasteiger partial charge is 0.253 e. The molecule has 1 amide bonds. The summed E-state index contributed by atoms with van der Waals surface area (Å²) in [4.78, 5) is 14.4. The molecule has 5 heteroatoms. The fourth-order valence-electron chi connectivity index (χ4n) is 2.69. The summed E-state index contributed by atoms with van der Waals surface area (Å²) < 4.78 is 5.53. The van der Waals surface area contributed by atoms with Gasteiger partial charge in [0, 0.05) is 25.8 Å². The van der Waals surface area contributed by atoms with Gasteiger partial charge in [-0.2, -0.15) is 0 Å². The number of rotatable bonds is 3. The summed E-state index contributed by atoms with van der Waals surface area (Å²) in [6.07, 6.45) is 1.96. The van der Waals surface area contributed by atoms with Crippen LogP contribution in [0.15, 0.2) is 18.2 Å². The zero-order valence-corrected chi connectivity index (χ0v) is 12.4. The molecule has 1 aromatic rings. The van der Waals surface area contributed by atoms with Gasteiger partial charge in [0.1, 0.15) is 0 Å². The number of aryl methyl sites for hydroxylation is 1. The number of amides is 1. The Bertz CT molecular complexity index is 504. The maximum atomic E-state index is 12.6. The molecule has 0 saturated carbocycles. The molecule has 1 atom stereocenters. The number of nitrogens with two attached hydrogens (primary N) is 1. The second-order valence-corrected chi connectivity index (χ2v) is 5.66. The van der Waals surface area contributed by atoms with E-state index in [1.54, 1.807) is 7.11 Å². The van der Waals surface area contributed by atoms with Gasteiger partial charge in [0.05, 0.1) is 11.3 Å². The largest absolute Gasteiger partial charge is 0.377 e. The lowest BCUT2D eigenvalue weighted by atomic mass is 9.94. The summed E-state index contributed by atoms with van der Waals surface area (Å²) >= 11 is 0. The molecule has 2 rings (SSSR count). The van der Waals surface area contributed by atoms with Crippen molar-refractivity contribution in [2.24, 2.45) is 5.84 Å². The van der Waals surface area contributed by atoms with E-state index in [1.807, 2.05) is 30.0 Å². The summed E-state index contributed by atoms with van der Waals surface area (Å²) in [6.45, 7) is 5.41. The van der Waals surface area contributed by atoms with Crippen LogP contribution in [0.4, 0.5) is 5.69 Å². The summed E-state index contributed by atoms with van der Waals surface area (Å²) in [5.74, 6) is 5.47. The number of hydrogen-bond acceptors (Lipinski definition) is 4. The predicted molar refractivity (Wildman–Crippen MR) is 79.5 cm³/mol. The number of nitrogen functional groups attached to an aromatic ring is 1. The van der Waals surface area contributed by atoms with Gasteiger partial charge in [0.2, 0.25) is 0 Å². The highest BCUT2D eigenvalue weighted by molar-refractivity contribution is 5.95. The zero-order chi connectivity index (χ0) is 14.8. The van der Waals surface area contributed by atoms with Crippen molar-refractivity contribution in [3.05, 3.63) is 29.3 Å². The lowest BCUT2D eigenvalue weighted by molar-refractivity contribution is -0.0440.